The predicted octanol–water partition coefficient (Wildman–Crippen LogP) is 6.17. The first-order valence-electron chi connectivity index (χ1n) is 7.85. The average Bonchev–Trinajstić information content (AvgIpc) is 2.45. The van der Waals surface area contributed by atoms with Crippen molar-refractivity contribution in [2.24, 2.45) is 5.41 Å². The third-order valence-electron chi connectivity index (χ3n) is 3.91. The van der Waals surface area contributed by atoms with Crippen molar-refractivity contribution < 1.29 is 4.74 Å². The van der Waals surface area contributed by atoms with E-state index in [2.05, 4.69) is 67.9 Å². The molecule has 0 N–H and O–H groups in total. The fourth-order valence-electron chi connectivity index (χ4n) is 2.70. The van der Waals surface area contributed by atoms with Crippen molar-refractivity contribution in [3.63, 3.8) is 0 Å². The quantitative estimate of drug-likeness (QED) is 0.488. The molecule has 0 atom stereocenters. The van der Waals surface area contributed by atoms with Crippen molar-refractivity contribution >= 4 is 15.9 Å². The van der Waals surface area contributed by atoms with Gasteiger partial charge in [0.25, 0.3) is 0 Å². The van der Waals surface area contributed by atoms with Gasteiger partial charge in [-0.15, -0.1) is 0 Å². The van der Waals surface area contributed by atoms with E-state index in [1.807, 2.05) is 0 Å². The molecule has 0 aliphatic heterocycles. The first-order valence-corrected chi connectivity index (χ1v) is 8.97. The monoisotopic (exact) mass is 340 g/mol. The van der Waals surface area contributed by atoms with Crippen molar-refractivity contribution in [2.75, 3.05) is 11.9 Å². The number of halogens is 1. The fraction of sp³-hybridized carbons (Fsp3) is 0.667. The normalized spacial score (nSPS) is 11.9. The number of hydrogen-bond acceptors (Lipinski definition) is 1. The summed E-state index contributed by atoms with van der Waals surface area (Å²) >= 11 is 3.71. The summed E-state index contributed by atoms with van der Waals surface area (Å²) in [6, 6.07) is 8.53. The zero-order chi connectivity index (χ0) is 15.0. The maximum atomic E-state index is 6.13. The second kappa shape index (κ2) is 8.71. The maximum absolute atomic E-state index is 6.13. The Hall–Kier alpha value is -0.500. The molecule has 0 amide bonds. The second-order valence-electron chi connectivity index (χ2n) is 6.15. The molecule has 0 heterocycles. The topological polar surface area (TPSA) is 9.23 Å². The fourth-order valence-corrected chi connectivity index (χ4v) is 3.42. The Morgan fingerprint density at radius 3 is 2.30 bits per heavy atom. The van der Waals surface area contributed by atoms with Crippen molar-refractivity contribution in [1.29, 1.82) is 0 Å². The summed E-state index contributed by atoms with van der Waals surface area (Å²) in [6.07, 6.45) is 4.86. The lowest BCUT2D eigenvalue weighted by molar-refractivity contribution is 0.144. The molecule has 0 saturated carbocycles. The molecule has 0 bridgehead atoms. The molecule has 0 spiro atoms. The van der Waals surface area contributed by atoms with Crippen LogP contribution in [0.1, 0.15) is 64.9 Å². The molecule has 1 rings (SSSR count). The highest BCUT2D eigenvalue weighted by Crippen LogP contribution is 2.33. The number of benzene rings is 1. The van der Waals surface area contributed by atoms with Crippen LogP contribution in [0.15, 0.2) is 24.3 Å². The van der Waals surface area contributed by atoms with Crippen LogP contribution in [0.2, 0.25) is 0 Å². The van der Waals surface area contributed by atoms with E-state index in [9.17, 15) is 0 Å². The van der Waals surface area contributed by atoms with Crippen LogP contribution in [-0.2, 0) is 0 Å². The smallest absolute Gasteiger partial charge is 0.119 e. The van der Waals surface area contributed by atoms with Gasteiger partial charge in [-0.25, -0.2) is 0 Å². The minimum atomic E-state index is 0.275. The van der Waals surface area contributed by atoms with Gasteiger partial charge < -0.3 is 4.74 Å². The van der Waals surface area contributed by atoms with E-state index < -0.39 is 0 Å². The van der Waals surface area contributed by atoms with Gasteiger partial charge in [0, 0.05) is 10.7 Å². The molecule has 114 valence electrons. The van der Waals surface area contributed by atoms with Gasteiger partial charge in [-0.3, -0.25) is 0 Å². The molecule has 0 aromatic heterocycles. The van der Waals surface area contributed by atoms with E-state index in [0.29, 0.717) is 5.92 Å². The SMILES string of the molecule is CCCC(CBr)(CCC)COc1cccc(C(C)C)c1. The lowest BCUT2D eigenvalue weighted by Crippen LogP contribution is -2.30. The van der Waals surface area contributed by atoms with Crippen LogP contribution >= 0.6 is 15.9 Å². The Morgan fingerprint density at radius 1 is 1.15 bits per heavy atom. The summed E-state index contributed by atoms with van der Waals surface area (Å²) in [5.74, 6) is 1.56. The lowest BCUT2D eigenvalue weighted by Gasteiger charge is -2.31. The minimum absolute atomic E-state index is 0.275. The van der Waals surface area contributed by atoms with Crippen molar-refractivity contribution in [3.8, 4) is 5.75 Å². The number of hydrogen-bond donors (Lipinski definition) is 0. The summed E-state index contributed by atoms with van der Waals surface area (Å²) in [7, 11) is 0. The maximum Gasteiger partial charge on any atom is 0.119 e. The van der Waals surface area contributed by atoms with Crippen molar-refractivity contribution in [1.82, 2.24) is 0 Å². The highest BCUT2D eigenvalue weighted by molar-refractivity contribution is 9.09. The van der Waals surface area contributed by atoms with Gasteiger partial charge in [0.2, 0.25) is 0 Å². The van der Waals surface area contributed by atoms with Crippen LogP contribution in [0, 0.1) is 5.41 Å². The van der Waals surface area contributed by atoms with Gasteiger partial charge in [0.15, 0.2) is 0 Å². The molecular weight excluding hydrogens is 312 g/mol. The standard InChI is InChI=1S/C18H29BrO/c1-5-10-18(13-19,11-6-2)14-20-17-9-7-8-16(12-17)15(3)4/h7-9,12,15H,5-6,10-11,13-14H2,1-4H3. The zero-order valence-corrected chi connectivity index (χ0v) is 15.0. The minimum Gasteiger partial charge on any atom is -0.493 e. The third kappa shape index (κ3) is 5.12. The summed E-state index contributed by atoms with van der Waals surface area (Å²) in [6.45, 7) is 9.76. The van der Waals surface area contributed by atoms with Gasteiger partial charge in [0.05, 0.1) is 6.61 Å². The van der Waals surface area contributed by atoms with Crippen LogP contribution in [0.25, 0.3) is 0 Å². The highest BCUT2D eigenvalue weighted by Gasteiger charge is 2.28. The third-order valence-corrected chi connectivity index (χ3v) is 5.10. The van der Waals surface area contributed by atoms with Gasteiger partial charge in [-0.05, 0) is 36.5 Å². The number of rotatable bonds is 9. The zero-order valence-electron chi connectivity index (χ0n) is 13.4. The molecule has 1 aromatic rings. The van der Waals surface area contributed by atoms with E-state index in [1.54, 1.807) is 0 Å². The van der Waals surface area contributed by atoms with Crippen LogP contribution in [0.4, 0.5) is 0 Å². The lowest BCUT2D eigenvalue weighted by atomic mass is 9.82. The number of ether oxygens (including phenoxy) is 1. The van der Waals surface area contributed by atoms with E-state index in [0.717, 1.165) is 17.7 Å². The van der Waals surface area contributed by atoms with Gasteiger partial charge >= 0.3 is 0 Å². The van der Waals surface area contributed by atoms with Gasteiger partial charge in [-0.1, -0.05) is 68.6 Å². The molecule has 1 nitrogen and oxygen atoms in total. The summed E-state index contributed by atoms with van der Waals surface area (Å²) in [5.41, 5.74) is 1.62. The Balaban J connectivity index is 2.73. The molecule has 20 heavy (non-hydrogen) atoms. The van der Waals surface area contributed by atoms with E-state index in [4.69, 9.17) is 4.74 Å². The average molecular weight is 341 g/mol. The van der Waals surface area contributed by atoms with Crippen LogP contribution < -0.4 is 4.74 Å². The second-order valence-corrected chi connectivity index (χ2v) is 6.71. The molecule has 0 saturated heterocycles. The molecule has 0 fully saturated rings. The molecule has 2 heteroatoms. The Labute approximate surface area is 133 Å². The Morgan fingerprint density at radius 2 is 1.80 bits per heavy atom. The molecule has 0 radical (unpaired) electrons. The van der Waals surface area contributed by atoms with E-state index in [-0.39, 0.29) is 5.41 Å². The summed E-state index contributed by atoms with van der Waals surface area (Å²) in [5, 5.41) is 1.02. The van der Waals surface area contributed by atoms with Gasteiger partial charge in [0.1, 0.15) is 5.75 Å². The van der Waals surface area contributed by atoms with Crippen molar-refractivity contribution in [3.05, 3.63) is 29.8 Å². The van der Waals surface area contributed by atoms with Crippen LogP contribution in [-0.4, -0.2) is 11.9 Å². The molecule has 0 unspecified atom stereocenters. The molecule has 0 aliphatic rings. The first-order chi connectivity index (χ1) is 9.56. The first kappa shape index (κ1) is 17.6. The Bertz CT molecular complexity index is 381. The molecule has 1 aromatic carbocycles. The molecule has 0 aliphatic carbocycles. The summed E-state index contributed by atoms with van der Waals surface area (Å²) in [4.78, 5) is 0. The van der Waals surface area contributed by atoms with Crippen LogP contribution in [0.3, 0.4) is 0 Å². The van der Waals surface area contributed by atoms with Crippen LogP contribution in [0.5, 0.6) is 5.75 Å². The van der Waals surface area contributed by atoms with Crippen molar-refractivity contribution in [2.45, 2.75) is 59.3 Å². The van der Waals surface area contributed by atoms with E-state index >= 15 is 0 Å². The Kier molecular flexibility index (Phi) is 7.65. The highest BCUT2D eigenvalue weighted by atomic mass is 79.9. The van der Waals surface area contributed by atoms with E-state index in [1.165, 1.54) is 31.2 Å². The predicted molar refractivity (Wildman–Crippen MR) is 92.1 cm³/mol. The largest absolute Gasteiger partial charge is 0.493 e. The van der Waals surface area contributed by atoms with Gasteiger partial charge in [-0.2, -0.15) is 0 Å². The summed E-state index contributed by atoms with van der Waals surface area (Å²) < 4.78 is 6.13. The number of alkyl halides is 1. The molecular formula is C18H29BrO.